The molecule has 0 fully saturated rings. The molecule has 0 aromatic heterocycles. The van der Waals surface area contributed by atoms with Gasteiger partial charge in [0.2, 0.25) is 0 Å². The summed E-state index contributed by atoms with van der Waals surface area (Å²) in [5.41, 5.74) is 0. The summed E-state index contributed by atoms with van der Waals surface area (Å²) in [7, 11) is 0. The van der Waals surface area contributed by atoms with Crippen LogP contribution in [0.1, 0.15) is 90.9 Å². The minimum absolute atomic E-state index is 0.0981. The molecule has 0 aliphatic carbocycles. The molecule has 0 aliphatic rings. The van der Waals surface area contributed by atoms with Crippen LogP contribution >= 0.6 is 6.89 Å². The first-order valence-electron chi connectivity index (χ1n) is 16.6. The van der Waals surface area contributed by atoms with Gasteiger partial charge < -0.3 is 4.74 Å². The van der Waals surface area contributed by atoms with E-state index in [9.17, 15) is 9.59 Å². The SMILES string of the molecule is CCCCCC=CCC=CCCCCCCCC(=O)C(C(=O)OCC)=P(c1ccccc1)(c1ccccc1)c1ccccc1. The Morgan fingerprint density at radius 2 is 1.05 bits per heavy atom. The number of benzene rings is 3. The number of hydrogen-bond acceptors (Lipinski definition) is 3. The molecule has 0 N–H and O–H groups in total. The Morgan fingerprint density at radius 1 is 0.591 bits per heavy atom. The van der Waals surface area contributed by atoms with E-state index in [0.717, 1.165) is 60.9 Å². The number of hydrogen-bond donors (Lipinski definition) is 0. The number of ketones is 1. The molecule has 0 saturated heterocycles. The number of ether oxygens (including phenoxy) is 1. The second-order valence-corrected chi connectivity index (χ2v) is 14.5. The van der Waals surface area contributed by atoms with E-state index in [1.54, 1.807) is 6.92 Å². The third-order valence-corrected chi connectivity index (χ3v) is 12.2. The fourth-order valence-electron chi connectivity index (χ4n) is 5.64. The van der Waals surface area contributed by atoms with Gasteiger partial charge in [0.05, 0.1) is 6.61 Å². The van der Waals surface area contributed by atoms with Crippen LogP contribution in [-0.2, 0) is 14.3 Å². The van der Waals surface area contributed by atoms with Gasteiger partial charge in [-0.15, -0.1) is 0 Å². The Bertz CT molecular complexity index is 1250. The normalized spacial score (nSPS) is 11.7. The number of allylic oxidation sites excluding steroid dienone is 4. The zero-order chi connectivity index (χ0) is 31.3. The van der Waals surface area contributed by atoms with E-state index >= 15 is 0 Å². The van der Waals surface area contributed by atoms with E-state index in [1.807, 2.05) is 54.6 Å². The Morgan fingerprint density at radius 3 is 1.52 bits per heavy atom. The first kappa shape index (κ1) is 35.1. The molecule has 0 saturated carbocycles. The Balaban J connectivity index is 1.75. The molecule has 234 valence electrons. The van der Waals surface area contributed by atoms with Gasteiger partial charge in [-0.1, -0.05) is 154 Å². The van der Waals surface area contributed by atoms with E-state index < -0.39 is 12.9 Å². The molecular weight excluding hydrogens is 559 g/mol. The van der Waals surface area contributed by atoms with Crippen molar-refractivity contribution in [2.75, 3.05) is 6.61 Å². The van der Waals surface area contributed by atoms with Crippen molar-refractivity contribution in [3.63, 3.8) is 0 Å². The average Bonchev–Trinajstić information content (AvgIpc) is 3.06. The summed E-state index contributed by atoms with van der Waals surface area (Å²) in [6.45, 7) is 1.44. The second-order valence-electron chi connectivity index (χ2n) is 11.2. The molecule has 3 aromatic rings. The van der Waals surface area contributed by atoms with Crippen LogP contribution in [0.15, 0.2) is 115 Å². The maximum Gasteiger partial charge on any atom is 0.342 e. The van der Waals surface area contributed by atoms with Gasteiger partial charge >= 0.3 is 5.97 Å². The Kier molecular flexibility index (Phi) is 16.4. The number of rotatable bonds is 20. The molecule has 0 amide bonds. The van der Waals surface area contributed by atoms with Crippen LogP contribution in [0, 0.1) is 0 Å². The molecule has 0 unspecified atom stereocenters. The van der Waals surface area contributed by atoms with Crippen LogP contribution in [0.2, 0.25) is 0 Å². The fourth-order valence-corrected chi connectivity index (χ4v) is 9.99. The highest BCUT2D eigenvalue weighted by atomic mass is 31.2. The third-order valence-electron chi connectivity index (χ3n) is 7.85. The molecule has 0 bridgehead atoms. The summed E-state index contributed by atoms with van der Waals surface area (Å²) in [6.07, 6.45) is 21.8. The van der Waals surface area contributed by atoms with Gasteiger partial charge in [0.25, 0.3) is 0 Å². The number of esters is 1. The molecule has 0 radical (unpaired) electrons. The molecule has 0 atom stereocenters. The van der Waals surface area contributed by atoms with Crippen LogP contribution < -0.4 is 15.9 Å². The van der Waals surface area contributed by atoms with E-state index in [-0.39, 0.29) is 12.4 Å². The molecule has 0 heterocycles. The fraction of sp³-hybridized carbons (Fsp3) is 0.375. The van der Waals surface area contributed by atoms with Crippen molar-refractivity contribution in [3.8, 4) is 0 Å². The van der Waals surface area contributed by atoms with Crippen LogP contribution in [-0.4, -0.2) is 23.7 Å². The quantitative estimate of drug-likeness (QED) is 0.0421. The monoisotopic (exact) mass is 610 g/mol. The minimum atomic E-state index is -2.81. The topological polar surface area (TPSA) is 43.4 Å². The van der Waals surface area contributed by atoms with Gasteiger partial charge in [0.15, 0.2) is 5.78 Å². The zero-order valence-corrected chi connectivity index (χ0v) is 27.7. The number of carbonyl (C=O) groups is 2. The second kappa shape index (κ2) is 20.5. The van der Waals surface area contributed by atoms with Crippen molar-refractivity contribution in [2.45, 2.75) is 90.9 Å². The van der Waals surface area contributed by atoms with Crippen molar-refractivity contribution >= 4 is 39.8 Å². The Hall–Kier alpha value is -3.42. The molecule has 3 aromatic carbocycles. The molecule has 3 rings (SSSR count). The molecule has 4 heteroatoms. The molecule has 44 heavy (non-hydrogen) atoms. The number of unbranched alkanes of at least 4 members (excludes halogenated alkanes) is 8. The van der Waals surface area contributed by atoms with Crippen LogP contribution in [0.5, 0.6) is 0 Å². The lowest BCUT2D eigenvalue weighted by atomic mass is 10.1. The molecule has 0 aliphatic heterocycles. The van der Waals surface area contributed by atoms with Crippen molar-refractivity contribution in [3.05, 3.63) is 115 Å². The predicted octanol–water partition coefficient (Wildman–Crippen LogP) is 9.10. The lowest BCUT2D eigenvalue weighted by Crippen LogP contribution is -2.38. The predicted molar refractivity (Wildman–Crippen MR) is 191 cm³/mol. The summed E-state index contributed by atoms with van der Waals surface area (Å²) in [4.78, 5) is 28.1. The van der Waals surface area contributed by atoms with Crippen molar-refractivity contribution in [2.24, 2.45) is 0 Å². The molecule has 0 spiro atoms. The summed E-state index contributed by atoms with van der Waals surface area (Å²) >= 11 is 0. The maximum atomic E-state index is 14.2. The van der Waals surface area contributed by atoms with Crippen LogP contribution in [0.25, 0.3) is 0 Å². The van der Waals surface area contributed by atoms with E-state index in [2.05, 4.69) is 67.6 Å². The van der Waals surface area contributed by atoms with Gasteiger partial charge in [-0.05, 0) is 68.2 Å². The zero-order valence-electron chi connectivity index (χ0n) is 26.8. The summed E-state index contributed by atoms with van der Waals surface area (Å²) < 4.78 is 5.64. The van der Waals surface area contributed by atoms with E-state index in [4.69, 9.17) is 4.74 Å². The number of Topliss-reactive ketones (excluding diaryl/α,β-unsaturated/α-hetero) is 1. The largest absolute Gasteiger partial charge is 0.462 e. The summed E-state index contributed by atoms with van der Waals surface area (Å²) in [5.74, 6) is -0.594. The Labute approximate surface area is 266 Å². The lowest BCUT2D eigenvalue weighted by molar-refractivity contribution is -0.135. The van der Waals surface area contributed by atoms with Crippen molar-refractivity contribution < 1.29 is 14.3 Å². The first-order chi connectivity index (χ1) is 21.7. The van der Waals surface area contributed by atoms with Crippen LogP contribution in [0.4, 0.5) is 0 Å². The van der Waals surface area contributed by atoms with Gasteiger partial charge in [-0.3, -0.25) is 4.79 Å². The molecule has 3 nitrogen and oxygen atoms in total. The number of carbonyl (C=O) groups excluding carboxylic acids is 2. The van der Waals surface area contributed by atoms with Crippen molar-refractivity contribution in [1.82, 2.24) is 0 Å². The van der Waals surface area contributed by atoms with Gasteiger partial charge in [0, 0.05) is 6.42 Å². The lowest BCUT2D eigenvalue weighted by Gasteiger charge is -2.31. The van der Waals surface area contributed by atoms with Gasteiger partial charge in [-0.2, -0.15) is 0 Å². The first-order valence-corrected chi connectivity index (χ1v) is 18.4. The molecular formula is C40H51O3P. The van der Waals surface area contributed by atoms with Gasteiger partial charge in [-0.25, -0.2) is 4.79 Å². The van der Waals surface area contributed by atoms with Gasteiger partial charge in [0.1, 0.15) is 5.29 Å². The average molecular weight is 611 g/mol. The summed E-state index contributed by atoms with van der Waals surface area (Å²) in [6, 6.07) is 30.2. The van der Waals surface area contributed by atoms with E-state index in [0.29, 0.717) is 11.7 Å². The third kappa shape index (κ3) is 10.3. The maximum absolute atomic E-state index is 14.2. The standard InChI is InChI=1S/C40H51O3P/c1-3-5-6-7-8-9-10-11-12-13-14-15-16-17-27-34-38(41)39(40(42)43-4-2)44(35-28-21-18-22-29-35,36-30-23-19-24-31-36)37-32-25-20-26-33-37/h8-9,11-12,18-26,28-33H,3-7,10,13-17,27,34H2,1-2H3. The van der Waals surface area contributed by atoms with E-state index in [1.165, 1.54) is 25.7 Å². The van der Waals surface area contributed by atoms with Crippen molar-refractivity contribution in [1.29, 1.82) is 0 Å². The highest BCUT2D eigenvalue weighted by Crippen LogP contribution is 2.47. The smallest absolute Gasteiger partial charge is 0.342 e. The highest BCUT2D eigenvalue weighted by molar-refractivity contribution is 7.97. The highest BCUT2D eigenvalue weighted by Gasteiger charge is 2.37. The van der Waals surface area contributed by atoms with Crippen LogP contribution in [0.3, 0.4) is 0 Å². The minimum Gasteiger partial charge on any atom is -0.462 e. The summed E-state index contributed by atoms with van der Waals surface area (Å²) in [5, 5.41) is 3.24.